The van der Waals surface area contributed by atoms with Crippen LogP contribution in [0, 0.1) is 5.41 Å². The van der Waals surface area contributed by atoms with Crippen molar-refractivity contribution in [2.24, 2.45) is 5.41 Å². The Bertz CT molecular complexity index is 107. The molecule has 0 aliphatic heterocycles. The lowest BCUT2D eigenvalue weighted by molar-refractivity contribution is 0.188. The second-order valence-electron chi connectivity index (χ2n) is 4.52. The standard InChI is InChI=1S/C10H22OS/c1-5-6-9(11)7-12-8-10(2,3)4/h9,11H,5-8H2,1-4H3. The van der Waals surface area contributed by atoms with Crippen LogP contribution in [0.5, 0.6) is 0 Å². The Kier molecular flexibility index (Phi) is 6.02. The van der Waals surface area contributed by atoms with Gasteiger partial charge in [0, 0.05) is 5.75 Å². The van der Waals surface area contributed by atoms with E-state index in [9.17, 15) is 5.11 Å². The topological polar surface area (TPSA) is 20.2 Å². The van der Waals surface area contributed by atoms with Crippen molar-refractivity contribution in [3.05, 3.63) is 0 Å². The highest BCUT2D eigenvalue weighted by atomic mass is 32.2. The molecule has 0 rings (SSSR count). The molecule has 0 radical (unpaired) electrons. The smallest absolute Gasteiger partial charge is 0.0630 e. The molecule has 0 aromatic heterocycles. The van der Waals surface area contributed by atoms with Gasteiger partial charge in [0.25, 0.3) is 0 Å². The number of aliphatic hydroxyl groups excluding tert-OH is 1. The highest BCUT2D eigenvalue weighted by molar-refractivity contribution is 7.99. The molecule has 1 nitrogen and oxygen atoms in total. The predicted molar refractivity (Wildman–Crippen MR) is 57.7 cm³/mol. The van der Waals surface area contributed by atoms with E-state index in [2.05, 4.69) is 27.7 Å². The molecule has 0 aromatic rings. The van der Waals surface area contributed by atoms with Gasteiger partial charge in [-0.15, -0.1) is 0 Å². The maximum atomic E-state index is 9.43. The van der Waals surface area contributed by atoms with Crippen molar-refractivity contribution >= 4 is 11.8 Å². The fourth-order valence-electron chi connectivity index (χ4n) is 0.918. The quantitative estimate of drug-likeness (QED) is 0.719. The van der Waals surface area contributed by atoms with Crippen molar-refractivity contribution in [3.8, 4) is 0 Å². The molecule has 0 aliphatic rings. The summed E-state index contributed by atoms with van der Waals surface area (Å²) in [6.07, 6.45) is 1.93. The summed E-state index contributed by atoms with van der Waals surface area (Å²) in [5.74, 6) is 2.03. The minimum atomic E-state index is -0.0950. The first kappa shape index (κ1) is 12.3. The van der Waals surface area contributed by atoms with Crippen molar-refractivity contribution < 1.29 is 5.11 Å². The largest absolute Gasteiger partial charge is 0.392 e. The molecular weight excluding hydrogens is 168 g/mol. The summed E-state index contributed by atoms with van der Waals surface area (Å²) < 4.78 is 0. The zero-order chi connectivity index (χ0) is 9.61. The summed E-state index contributed by atoms with van der Waals surface area (Å²) >= 11 is 1.86. The van der Waals surface area contributed by atoms with Gasteiger partial charge in [0.05, 0.1) is 6.10 Å². The molecule has 1 N–H and O–H groups in total. The fourth-order valence-corrected chi connectivity index (χ4v) is 2.09. The molecule has 0 saturated heterocycles. The van der Waals surface area contributed by atoms with Gasteiger partial charge in [-0.3, -0.25) is 0 Å². The molecule has 0 spiro atoms. The minimum Gasteiger partial charge on any atom is -0.392 e. The van der Waals surface area contributed by atoms with Gasteiger partial charge in [-0.2, -0.15) is 11.8 Å². The maximum Gasteiger partial charge on any atom is 0.0630 e. The summed E-state index contributed by atoms with van der Waals surface area (Å²) in [4.78, 5) is 0. The molecule has 74 valence electrons. The molecule has 2 heteroatoms. The van der Waals surface area contributed by atoms with Gasteiger partial charge in [0.2, 0.25) is 0 Å². The van der Waals surface area contributed by atoms with E-state index in [1.54, 1.807) is 0 Å². The van der Waals surface area contributed by atoms with E-state index < -0.39 is 0 Å². The van der Waals surface area contributed by atoms with Gasteiger partial charge in [-0.1, -0.05) is 34.1 Å². The highest BCUT2D eigenvalue weighted by Crippen LogP contribution is 2.21. The second kappa shape index (κ2) is 5.87. The Balaban J connectivity index is 3.31. The first-order chi connectivity index (χ1) is 5.45. The molecule has 1 unspecified atom stereocenters. The van der Waals surface area contributed by atoms with Crippen molar-refractivity contribution in [3.63, 3.8) is 0 Å². The second-order valence-corrected chi connectivity index (χ2v) is 5.55. The predicted octanol–water partition coefficient (Wildman–Crippen LogP) is 2.93. The Morgan fingerprint density at radius 2 is 1.92 bits per heavy atom. The summed E-state index contributed by atoms with van der Waals surface area (Å²) in [6, 6.07) is 0. The van der Waals surface area contributed by atoms with Gasteiger partial charge < -0.3 is 5.11 Å². The Morgan fingerprint density at radius 1 is 1.33 bits per heavy atom. The van der Waals surface area contributed by atoms with Crippen LogP contribution in [0.4, 0.5) is 0 Å². The summed E-state index contributed by atoms with van der Waals surface area (Å²) in [5.41, 5.74) is 0.386. The third kappa shape index (κ3) is 8.41. The van der Waals surface area contributed by atoms with Gasteiger partial charge in [0.15, 0.2) is 0 Å². The van der Waals surface area contributed by atoms with Crippen LogP contribution < -0.4 is 0 Å². The van der Waals surface area contributed by atoms with E-state index in [-0.39, 0.29) is 6.10 Å². The van der Waals surface area contributed by atoms with E-state index in [1.165, 1.54) is 0 Å². The first-order valence-electron chi connectivity index (χ1n) is 4.71. The number of aliphatic hydroxyl groups is 1. The van der Waals surface area contributed by atoms with Gasteiger partial charge >= 0.3 is 0 Å². The summed E-state index contributed by atoms with van der Waals surface area (Å²) in [7, 11) is 0. The molecule has 0 fully saturated rings. The van der Waals surface area contributed by atoms with Crippen LogP contribution in [0.2, 0.25) is 0 Å². The Morgan fingerprint density at radius 3 is 2.33 bits per heavy atom. The van der Waals surface area contributed by atoms with E-state index in [0.717, 1.165) is 24.3 Å². The number of thioether (sulfide) groups is 1. The van der Waals surface area contributed by atoms with Crippen LogP contribution in [-0.4, -0.2) is 22.7 Å². The molecule has 0 amide bonds. The van der Waals surface area contributed by atoms with Crippen molar-refractivity contribution in [1.29, 1.82) is 0 Å². The lowest BCUT2D eigenvalue weighted by atomic mass is 10.0. The average Bonchev–Trinajstić information content (AvgIpc) is 1.84. The van der Waals surface area contributed by atoms with E-state index >= 15 is 0 Å². The van der Waals surface area contributed by atoms with Crippen molar-refractivity contribution in [1.82, 2.24) is 0 Å². The Hall–Kier alpha value is 0.310. The molecule has 1 atom stereocenters. The van der Waals surface area contributed by atoms with Crippen LogP contribution in [0.3, 0.4) is 0 Å². The van der Waals surface area contributed by atoms with Gasteiger partial charge in [-0.25, -0.2) is 0 Å². The van der Waals surface area contributed by atoms with Gasteiger partial charge in [0.1, 0.15) is 0 Å². The maximum absolute atomic E-state index is 9.43. The fraction of sp³-hybridized carbons (Fsp3) is 1.00. The average molecular weight is 190 g/mol. The lowest BCUT2D eigenvalue weighted by Crippen LogP contribution is -2.14. The van der Waals surface area contributed by atoms with Crippen molar-refractivity contribution in [2.45, 2.75) is 46.6 Å². The molecular formula is C10H22OS. The van der Waals surface area contributed by atoms with Crippen LogP contribution in [0.25, 0.3) is 0 Å². The van der Waals surface area contributed by atoms with E-state index in [1.807, 2.05) is 11.8 Å². The zero-order valence-corrected chi connectivity index (χ0v) is 9.58. The third-order valence-electron chi connectivity index (χ3n) is 1.47. The minimum absolute atomic E-state index is 0.0950. The number of rotatable bonds is 5. The zero-order valence-electron chi connectivity index (χ0n) is 8.76. The van der Waals surface area contributed by atoms with Crippen LogP contribution >= 0.6 is 11.8 Å². The van der Waals surface area contributed by atoms with E-state index in [0.29, 0.717) is 5.41 Å². The Labute approximate surface area is 80.9 Å². The molecule has 12 heavy (non-hydrogen) atoms. The molecule has 0 aliphatic carbocycles. The third-order valence-corrected chi connectivity index (χ3v) is 3.16. The molecule has 0 bridgehead atoms. The monoisotopic (exact) mass is 190 g/mol. The molecule has 0 saturated carbocycles. The molecule has 0 heterocycles. The van der Waals surface area contributed by atoms with Crippen LogP contribution in [-0.2, 0) is 0 Å². The number of hydrogen-bond donors (Lipinski definition) is 1. The van der Waals surface area contributed by atoms with E-state index in [4.69, 9.17) is 0 Å². The van der Waals surface area contributed by atoms with Crippen LogP contribution in [0.1, 0.15) is 40.5 Å². The van der Waals surface area contributed by atoms with Crippen LogP contribution in [0.15, 0.2) is 0 Å². The summed E-state index contributed by atoms with van der Waals surface area (Å²) in [6.45, 7) is 8.79. The SMILES string of the molecule is CCCC(O)CSCC(C)(C)C. The number of hydrogen-bond acceptors (Lipinski definition) is 2. The van der Waals surface area contributed by atoms with Crippen molar-refractivity contribution in [2.75, 3.05) is 11.5 Å². The molecule has 0 aromatic carbocycles. The first-order valence-corrected chi connectivity index (χ1v) is 5.87. The summed E-state index contributed by atoms with van der Waals surface area (Å²) in [5, 5.41) is 9.43. The van der Waals surface area contributed by atoms with Gasteiger partial charge in [-0.05, 0) is 17.6 Å². The lowest BCUT2D eigenvalue weighted by Gasteiger charge is -2.18. The highest BCUT2D eigenvalue weighted by Gasteiger charge is 2.11. The normalized spacial score (nSPS) is 14.8.